The van der Waals surface area contributed by atoms with Gasteiger partial charge in [0.05, 0.1) is 6.10 Å². The second-order valence-electron chi connectivity index (χ2n) is 5.69. The molecule has 3 unspecified atom stereocenters. The fourth-order valence-corrected chi connectivity index (χ4v) is 3.10. The Hall–Kier alpha value is -0.0800. The van der Waals surface area contributed by atoms with E-state index < -0.39 is 0 Å². The Balaban J connectivity index is 1.84. The van der Waals surface area contributed by atoms with E-state index in [4.69, 9.17) is 0 Å². The predicted octanol–water partition coefficient (Wildman–Crippen LogP) is 2.27. The number of hydrogen-bond donors (Lipinski definition) is 1. The fraction of sp³-hybridized carbons (Fsp3) is 1.00. The van der Waals surface area contributed by atoms with Crippen LogP contribution in [0.25, 0.3) is 0 Å². The molecule has 0 spiro atoms. The number of nitrogens with zero attached hydrogens (tertiary/aromatic N) is 1. The van der Waals surface area contributed by atoms with Crippen molar-refractivity contribution >= 4 is 0 Å². The van der Waals surface area contributed by atoms with Gasteiger partial charge in [0.15, 0.2) is 0 Å². The molecule has 0 aromatic heterocycles. The molecule has 0 aromatic rings. The van der Waals surface area contributed by atoms with Crippen LogP contribution in [0.5, 0.6) is 0 Å². The number of aliphatic hydroxyl groups excluding tert-OH is 1. The maximum absolute atomic E-state index is 9.49. The number of rotatable bonds is 1. The van der Waals surface area contributed by atoms with Gasteiger partial charge in [-0.15, -0.1) is 0 Å². The van der Waals surface area contributed by atoms with Gasteiger partial charge < -0.3 is 10.0 Å². The van der Waals surface area contributed by atoms with Crippen molar-refractivity contribution in [1.82, 2.24) is 4.90 Å². The summed E-state index contributed by atoms with van der Waals surface area (Å²) in [5, 5.41) is 9.49. The van der Waals surface area contributed by atoms with Gasteiger partial charge in [-0.05, 0) is 43.9 Å². The number of likely N-dealkylation sites (tertiary alicyclic amines) is 1. The van der Waals surface area contributed by atoms with Gasteiger partial charge in [0.1, 0.15) is 0 Å². The first-order valence-electron chi connectivity index (χ1n) is 6.59. The molecule has 2 heteroatoms. The number of aliphatic hydroxyl groups is 1. The summed E-state index contributed by atoms with van der Waals surface area (Å²) in [5.41, 5.74) is 0. The minimum Gasteiger partial charge on any atom is -0.393 e. The van der Waals surface area contributed by atoms with E-state index in [0.29, 0.717) is 0 Å². The van der Waals surface area contributed by atoms with Crippen LogP contribution in [-0.4, -0.2) is 35.2 Å². The lowest BCUT2D eigenvalue weighted by Crippen LogP contribution is -2.45. The molecule has 1 aliphatic carbocycles. The number of piperidine rings is 1. The molecule has 2 nitrogen and oxygen atoms in total. The molecule has 0 radical (unpaired) electrons. The average molecular weight is 211 g/mol. The highest BCUT2D eigenvalue weighted by Gasteiger charge is 2.30. The molecule has 15 heavy (non-hydrogen) atoms. The van der Waals surface area contributed by atoms with Crippen LogP contribution >= 0.6 is 0 Å². The Morgan fingerprint density at radius 1 is 0.933 bits per heavy atom. The van der Waals surface area contributed by atoms with E-state index in [9.17, 15) is 5.11 Å². The standard InChI is InChI=1S/C13H25NO/c1-10-3-4-12(9-11(10)2)14-7-5-13(15)6-8-14/h10-13,15H,3-9H2,1-2H3. The van der Waals surface area contributed by atoms with Crippen molar-refractivity contribution < 1.29 is 5.11 Å². The monoisotopic (exact) mass is 211 g/mol. The summed E-state index contributed by atoms with van der Waals surface area (Å²) in [5.74, 6) is 1.80. The van der Waals surface area contributed by atoms with Crippen molar-refractivity contribution in [3.05, 3.63) is 0 Å². The molecule has 0 bridgehead atoms. The lowest BCUT2D eigenvalue weighted by Gasteiger charge is -2.41. The van der Waals surface area contributed by atoms with E-state index in [1.165, 1.54) is 19.3 Å². The number of hydrogen-bond acceptors (Lipinski definition) is 2. The lowest BCUT2D eigenvalue weighted by atomic mass is 9.78. The predicted molar refractivity (Wildman–Crippen MR) is 62.8 cm³/mol. The van der Waals surface area contributed by atoms with Crippen LogP contribution in [-0.2, 0) is 0 Å². The van der Waals surface area contributed by atoms with Crippen LogP contribution in [0, 0.1) is 11.8 Å². The van der Waals surface area contributed by atoms with E-state index in [0.717, 1.165) is 43.8 Å². The molecule has 1 aliphatic heterocycles. The molecule has 1 saturated carbocycles. The molecule has 1 N–H and O–H groups in total. The van der Waals surface area contributed by atoms with E-state index in [2.05, 4.69) is 18.7 Å². The zero-order valence-corrected chi connectivity index (χ0v) is 10.2. The molecule has 3 atom stereocenters. The summed E-state index contributed by atoms with van der Waals surface area (Å²) >= 11 is 0. The third kappa shape index (κ3) is 2.73. The second-order valence-corrected chi connectivity index (χ2v) is 5.69. The van der Waals surface area contributed by atoms with Crippen molar-refractivity contribution in [2.75, 3.05) is 13.1 Å². The molecule has 1 saturated heterocycles. The highest BCUT2D eigenvalue weighted by Crippen LogP contribution is 2.33. The third-order valence-electron chi connectivity index (χ3n) is 4.59. The van der Waals surface area contributed by atoms with Crippen molar-refractivity contribution in [1.29, 1.82) is 0 Å². The SMILES string of the molecule is CC1CCC(N2CCC(O)CC2)CC1C. The average Bonchev–Trinajstić information content (AvgIpc) is 2.23. The van der Waals surface area contributed by atoms with Gasteiger partial charge in [-0.1, -0.05) is 13.8 Å². The lowest BCUT2D eigenvalue weighted by molar-refractivity contribution is 0.0365. The van der Waals surface area contributed by atoms with Crippen LogP contribution < -0.4 is 0 Å². The Morgan fingerprint density at radius 3 is 2.20 bits per heavy atom. The van der Waals surface area contributed by atoms with Crippen molar-refractivity contribution in [2.45, 2.75) is 58.1 Å². The van der Waals surface area contributed by atoms with Gasteiger partial charge in [-0.2, -0.15) is 0 Å². The molecule has 2 fully saturated rings. The van der Waals surface area contributed by atoms with Crippen molar-refractivity contribution in [3.63, 3.8) is 0 Å². The molecule has 0 amide bonds. The van der Waals surface area contributed by atoms with Gasteiger partial charge in [-0.25, -0.2) is 0 Å². The van der Waals surface area contributed by atoms with Crippen molar-refractivity contribution in [2.24, 2.45) is 11.8 Å². The molecule has 88 valence electrons. The van der Waals surface area contributed by atoms with E-state index in [1.807, 2.05) is 0 Å². The summed E-state index contributed by atoms with van der Waals surface area (Å²) in [6.07, 6.45) is 6.09. The summed E-state index contributed by atoms with van der Waals surface area (Å²) in [6, 6.07) is 0.809. The van der Waals surface area contributed by atoms with Crippen LogP contribution in [0.2, 0.25) is 0 Å². The van der Waals surface area contributed by atoms with Gasteiger partial charge >= 0.3 is 0 Å². The maximum atomic E-state index is 9.49. The minimum absolute atomic E-state index is 0.0267. The summed E-state index contributed by atoms with van der Waals surface area (Å²) in [7, 11) is 0. The van der Waals surface area contributed by atoms with Crippen LogP contribution in [0.3, 0.4) is 0 Å². The first-order valence-corrected chi connectivity index (χ1v) is 6.59. The van der Waals surface area contributed by atoms with Crippen LogP contribution in [0.1, 0.15) is 46.0 Å². The zero-order valence-electron chi connectivity index (χ0n) is 10.2. The van der Waals surface area contributed by atoms with E-state index in [1.54, 1.807) is 0 Å². The Bertz CT molecular complexity index is 199. The molecule has 1 heterocycles. The molecular formula is C13H25NO. The summed E-state index contributed by atoms with van der Waals surface area (Å²) in [4.78, 5) is 2.62. The highest BCUT2D eigenvalue weighted by molar-refractivity contribution is 4.84. The maximum Gasteiger partial charge on any atom is 0.0564 e. The van der Waals surface area contributed by atoms with E-state index in [-0.39, 0.29) is 6.10 Å². The minimum atomic E-state index is -0.0267. The summed E-state index contributed by atoms with van der Waals surface area (Å²) < 4.78 is 0. The highest BCUT2D eigenvalue weighted by atomic mass is 16.3. The largest absolute Gasteiger partial charge is 0.393 e. The Morgan fingerprint density at radius 2 is 1.60 bits per heavy atom. The van der Waals surface area contributed by atoms with Gasteiger partial charge in [0, 0.05) is 19.1 Å². The van der Waals surface area contributed by atoms with Crippen molar-refractivity contribution in [3.8, 4) is 0 Å². The quantitative estimate of drug-likeness (QED) is 0.719. The third-order valence-corrected chi connectivity index (χ3v) is 4.59. The molecule has 2 rings (SSSR count). The zero-order chi connectivity index (χ0) is 10.8. The van der Waals surface area contributed by atoms with Gasteiger partial charge in [0.2, 0.25) is 0 Å². The first kappa shape index (κ1) is 11.4. The molecule has 0 aromatic carbocycles. The molecular weight excluding hydrogens is 186 g/mol. The Labute approximate surface area is 93.7 Å². The smallest absolute Gasteiger partial charge is 0.0564 e. The summed E-state index contributed by atoms with van der Waals surface area (Å²) in [6.45, 7) is 7.02. The Kier molecular flexibility index (Phi) is 3.68. The van der Waals surface area contributed by atoms with E-state index >= 15 is 0 Å². The fourth-order valence-electron chi connectivity index (χ4n) is 3.10. The second kappa shape index (κ2) is 4.84. The van der Waals surface area contributed by atoms with Crippen LogP contribution in [0.4, 0.5) is 0 Å². The first-order chi connectivity index (χ1) is 7.16. The normalized spacial score (nSPS) is 40.6. The van der Waals surface area contributed by atoms with Crippen LogP contribution in [0.15, 0.2) is 0 Å². The van der Waals surface area contributed by atoms with Gasteiger partial charge in [0.25, 0.3) is 0 Å². The topological polar surface area (TPSA) is 23.5 Å². The van der Waals surface area contributed by atoms with Gasteiger partial charge in [-0.3, -0.25) is 0 Å². The molecule has 2 aliphatic rings.